The van der Waals surface area contributed by atoms with Crippen LogP contribution in [-0.4, -0.2) is 18.4 Å². The molecule has 0 atom stereocenters. The van der Waals surface area contributed by atoms with Gasteiger partial charge in [-0.25, -0.2) is 23.5 Å². The summed E-state index contributed by atoms with van der Waals surface area (Å²) in [6.45, 7) is 0.448. The van der Waals surface area contributed by atoms with Crippen LogP contribution in [-0.2, 0) is 16.6 Å². The summed E-state index contributed by atoms with van der Waals surface area (Å²) in [5, 5.41) is 8.29. The molecule has 19 heavy (non-hydrogen) atoms. The van der Waals surface area contributed by atoms with Crippen molar-refractivity contribution in [1.29, 1.82) is 0 Å². The molecule has 8 heteroatoms. The molecule has 0 saturated heterocycles. The van der Waals surface area contributed by atoms with Crippen molar-refractivity contribution < 1.29 is 8.42 Å². The van der Waals surface area contributed by atoms with E-state index in [2.05, 4.69) is 15.3 Å². The SMILES string of the molecule is NS(=O)(=O)c1ccc(CNc2nccnc2Cl)cc1. The number of halogens is 1. The molecule has 0 aliphatic rings. The fourth-order valence-electron chi connectivity index (χ4n) is 1.42. The Balaban J connectivity index is 2.07. The summed E-state index contributed by atoms with van der Waals surface area (Å²) in [5.41, 5.74) is 0.870. The second-order valence-corrected chi connectivity index (χ2v) is 5.66. The van der Waals surface area contributed by atoms with E-state index in [1.54, 1.807) is 12.1 Å². The molecule has 1 aromatic carbocycles. The summed E-state index contributed by atoms with van der Waals surface area (Å²) in [6.07, 6.45) is 3.02. The lowest BCUT2D eigenvalue weighted by Crippen LogP contribution is -2.12. The van der Waals surface area contributed by atoms with Crippen LogP contribution in [0.15, 0.2) is 41.6 Å². The van der Waals surface area contributed by atoms with E-state index in [0.717, 1.165) is 5.56 Å². The Morgan fingerprint density at radius 3 is 2.37 bits per heavy atom. The first kappa shape index (κ1) is 13.7. The molecule has 1 aromatic heterocycles. The first-order chi connectivity index (χ1) is 8.97. The van der Waals surface area contributed by atoms with Gasteiger partial charge in [-0.3, -0.25) is 0 Å². The third-order valence-corrected chi connectivity index (χ3v) is 3.57. The van der Waals surface area contributed by atoms with Crippen molar-refractivity contribution in [3.63, 3.8) is 0 Å². The van der Waals surface area contributed by atoms with E-state index in [1.807, 2.05) is 0 Å². The number of benzene rings is 1. The Labute approximate surface area is 115 Å². The van der Waals surface area contributed by atoms with E-state index in [1.165, 1.54) is 24.5 Å². The van der Waals surface area contributed by atoms with Gasteiger partial charge >= 0.3 is 0 Å². The molecule has 0 saturated carbocycles. The second-order valence-electron chi connectivity index (χ2n) is 3.74. The summed E-state index contributed by atoms with van der Waals surface area (Å²) < 4.78 is 22.2. The maximum atomic E-state index is 11.1. The largest absolute Gasteiger partial charge is 0.363 e. The number of nitrogens with zero attached hydrogens (tertiary/aromatic N) is 2. The monoisotopic (exact) mass is 298 g/mol. The summed E-state index contributed by atoms with van der Waals surface area (Å²) >= 11 is 5.84. The van der Waals surface area contributed by atoms with E-state index < -0.39 is 10.0 Å². The first-order valence-electron chi connectivity index (χ1n) is 5.29. The zero-order valence-corrected chi connectivity index (χ0v) is 11.3. The van der Waals surface area contributed by atoms with Crippen molar-refractivity contribution in [3.05, 3.63) is 47.4 Å². The highest BCUT2D eigenvalue weighted by Crippen LogP contribution is 2.16. The lowest BCUT2D eigenvalue weighted by atomic mass is 10.2. The molecule has 1 heterocycles. The minimum absolute atomic E-state index is 0.0776. The van der Waals surface area contributed by atoms with Gasteiger partial charge in [-0.1, -0.05) is 23.7 Å². The van der Waals surface area contributed by atoms with Crippen LogP contribution in [0.5, 0.6) is 0 Å². The highest BCUT2D eigenvalue weighted by Gasteiger charge is 2.07. The summed E-state index contributed by atoms with van der Waals surface area (Å²) in [7, 11) is -3.66. The second kappa shape index (κ2) is 5.52. The average molecular weight is 299 g/mol. The van der Waals surface area contributed by atoms with Crippen molar-refractivity contribution >= 4 is 27.4 Å². The number of nitrogens with one attached hydrogen (secondary N) is 1. The van der Waals surface area contributed by atoms with Gasteiger partial charge in [-0.15, -0.1) is 0 Å². The molecule has 2 rings (SSSR count). The van der Waals surface area contributed by atoms with Gasteiger partial charge in [-0.05, 0) is 17.7 Å². The van der Waals surface area contributed by atoms with Crippen LogP contribution in [0.4, 0.5) is 5.82 Å². The van der Waals surface area contributed by atoms with Gasteiger partial charge in [0.2, 0.25) is 10.0 Å². The topological polar surface area (TPSA) is 98.0 Å². The standard InChI is InChI=1S/C11H11ClN4O2S/c12-10-11(15-6-5-14-10)16-7-8-1-3-9(4-2-8)19(13,17)18/h1-6H,7H2,(H,15,16)(H2,13,17,18). The lowest BCUT2D eigenvalue weighted by Gasteiger charge is -2.07. The van der Waals surface area contributed by atoms with E-state index in [0.29, 0.717) is 12.4 Å². The van der Waals surface area contributed by atoms with Gasteiger partial charge < -0.3 is 5.32 Å². The molecule has 3 N–H and O–H groups in total. The van der Waals surface area contributed by atoms with Crippen molar-refractivity contribution in [2.75, 3.05) is 5.32 Å². The van der Waals surface area contributed by atoms with Crippen molar-refractivity contribution in [2.24, 2.45) is 5.14 Å². The normalized spacial score (nSPS) is 11.3. The highest BCUT2D eigenvalue weighted by molar-refractivity contribution is 7.89. The Bertz CT molecular complexity index is 673. The quantitative estimate of drug-likeness (QED) is 0.889. The molecule has 0 amide bonds. The van der Waals surface area contributed by atoms with Crippen molar-refractivity contribution in [3.8, 4) is 0 Å². The molecule has 0 aliphatic carbocycles. The van der Waals surface area contributed by atoms with E-state index in [4.69, 9.17) is 16.7 Å². The highest BCUT2D eigenvalue weighted by atomic mass is 35.5. The number of primary sulfonamides is 1. The minimum Gasteiger partial charge on any atom is -0.363 e. The molecular formula is C11H11ClN4O2S. The predicted octanol–water partition coefficient (Wildman–Crippen LogP) is 1.39. The Morgan fingerprint density at radius 1 is 1.16 bits per heavy atom. The number of anilines is 1. The van der Waals surface area contributed by atoms with E-state index in [9.17, 15) is 8.42 Å². The van der Waals surface area contributed by atoms with Crippen LogP contribution < -0.4 is 10.5 Å². The molecular weight excluding hydrogens is 288 g/mol. The van der Waals surface area contributed by atoms with Crippen LogP contribution >= 0.6 is 11.6 Å². The van der Waals surface area contributed by atoms with Crippen LogP contribution in [0.1, 0.15) is 5.56 Å². The Hall–Kier alpha value is -1.70. The third-order valence-electron chi connectivity index (χ3n) is 2.37. The van der Waals surface area contributed by atoms with Gasteiger partial charge in [-0.2, -0.15) is 0 Å². The van der Waals surface area contributed by atoms with E-state index >= 15 is 0 Å². The molecule has 0 radical (unpaired) electrons. The fraction of sp³-hybridized carbons (Fsp3) is 0.0909. The number of sulfonamides is 1. The molecule has 0 fully saturated rings. The molecule has 6 nitrogen and oxygen atoms in total. The van der Waals surface area contributed by atoms with E-state index in [-0.39, 0.29) is 10.0 Å². The summed E-state index contributed by atoms with van der Waals surface area (Å²) in [5.74, 6) is 0.472. The maximum Gasteiger partial charge on any atom is 0.238 e. The predicted molar refractivity (Wildman–Crippen MR) is 72.2 cm³/mol. The van der Waals surface area contributed by atoms with Gasteiger partial charge in [0, 0.05) is 18.9 Å². The van der Waals surface area contributed by atoms with Crippen LogP contribution in [0.2, 0.25) is 5.15 Å². The van der Waals surface area contributed by atoms with Crippen molar-refractivity contribution in [1.82, 2.24) is 9.97 Å². The molecule has 0 spiro atoms. The maximum absolute atomic E-state index is 11.1. The van der Waals surface area contributed by atoms with Crippen LogP contribution in [0.3, 0.4) is 0 Å². The number of nitrogens with two attached hydrogens (primary N) is 1. The molecule has 2 aromatic rings. The fourth-order valence-corrected chi connectivity index (χ4v) is 2.11. The van der Waals surface area contributed by atoms with Crippen LogP contribution in [0.25, 0.3) is 0 Å². The number of hydrogen-bond donors (Lipinski definition) is 2. The zero-order chi connectivity index (χ0) is 13.9. The third kappa shape index (κ3) is 3.63. The number of aromatic nitrogens is 2. The molecule has 100 valence electrons. The minimum atomic E-state index is -3.66. The number of hydrogen-bond acceptors (Lipinski definition) is 5. The van der Waals surface area contributed by atoms with Gasteiger partial charge in [0.1, 0.15) is 0 Å². The van der Waals surface area contributed by atoms with Gasteiger partial charge in [0.05, 0.1) is 4.90 Å². The van der Waals surface area contributed by atoms with Crippen molar-refractivity contribution in [2.45, 2.75) is 11.4 Å². The summed E-state index contributed by atoms with van der Waals surface area (Å²) in [6, 6.07) is 6.23. The zero-order valence-electron chi connectivity index (χ0n) is 9.75. The Morgan fingerprint density at radius 2 is 1.79 bits per heavy atom. The Kier molecular flexibility index (Phi) is 3.98. The van der Waals surface area contributed by atoms with Crippen LogP contribution in [0, 0.1) is 0 Å². The summed E-state index contributed by atoms with van der Waals surface area (Å²) in [4.78, 5) is 7.99. The smallest absolute Gasteiger partial charge is 0.238 e. The average Bonchev–Trinajstić information content (AvgIpc) is 2.37. The first-order valence-corrected chi connectivity index (χ1v) is 7.21. The van der Waals surface area contributed by atoms with Gasteiger partial charge in [0.25, 0.3) is 0 Å². The van der Waals surface area contributed by atoms with Gasteiger partial charge in [0.15, 0.2) is 11.0 Å². The molecule has 0 aliphatic heterocycles. The number of rotatable bonds is 4. The lowest BCUT2D eigenvalue weighted by molar-refractivity contribution is 0.598. The molecule has 0 unspecified atom stereocenters. The molecule has 0 bridgehead atoms.